The van der Waals surface area contributed by atoms with Gasteiger partial charge in [0.25, 0.3) is 5.91 Å². The first-order valence-corrected chi connectivity index (χ1v) is 7.40. The van der Waals surface area contributed by atoms with Crippen LogP contribution in [0.4, 0.5) is 4.39 Å². The summed E-state index contributed by atoms with van der Waals surface area (Å²) in [4.78, 5) is 12.6. The van der Waals surface area contributed by atoms with Gasteiger partial charge < -0.3 is 5.32 Å². The standard InChI is InChI=1S/C14H13BrFNOS/c1-8-3-4-10(7-11(8)16)9(2)17-14(18)12-5-6-13(15)19-12/h3-7,9H,1-2H3,(H,17,18). The van der Waals surface area contributed by atoms with Crippen molar-refractivity contribution in [3.8, 4) is 0 Å². The maximum atomic E-state index is 13.5. The summed E-state index contributed by atoms with van der Waals surface area (Å²) in [6.45, 7) is 3.55. The highest BCUT2D eigenvalue weighted by Crippen LogP contribution is 2.23. The summed E-state index contributed by atoms with van der Waals surface area (Å²) in [5.41, 5.74) is 1.36. The van der Waals surface area contributed by atoms with Crippen LogP contribution in [0.2, 0.25) is 0 Å². The van der Waals surface area contributed by atoms with Crippen molar-refractivity contribution in [2.75, 3.05) is 0 Å². The molecule has 1 aromatic heterocycles. The van der Waals surface area contributed by atoms with Crippen LogP contribution in [-0.2, 0) is 0 Å². The fraction of sp³-hybridized carbons (Fsp3) is 0.214. The quantitative estimate of drug-likeness (QED) is 0.877. The lowest BCUT2D eigenvalue weighted by molar-refractivity contribution is 0.0944. The number of halogens is 2. The first kappa shape index (κ1) is 14.2. The topological polar surface area (TPSA) is 29.1 Å². The van der Waals surface area contributed by atoms with Gasteiger partial charge in [0.05, 0.1) is 14.7 Å². The first-order valence-electron chi connectivity index (χ1n) is 5.79. The van der Waals surface area contributed by atoms with Crippen molar-refractivity contribution in [2.45, 2.75) is 19.9 Å². The SMILES string of the molecule is Cc1ccc(C(C)NC(=O)c2ccc(Br)s2)cc1F. The highest BCUT2D eigenvalue weighted by Gasteiger charge is 2.14. The molecule has 19 heavy (non-hydrogen) atoms. The molecule has 1 unspecified atom stereocenters. The zero-order valence-corrected chi connectivity index (χ0v) is 12.9. The number of nitrogens with one attached hydrogen (secondary N) is 1. The van der Waals surface area contributed by atoms with Crippen LogP contribution >= 0.6 is 27.3 Å². The molecular weight excluding hydrogens is 329 g/mol. The molecule has 0 aliphatic rings. The summed E-state index contributed by atoms with van der Waals surface area (Å²) in [6.07, 6.45) is 0. The van der Waals surface area contributed by atoms with E-state index in [0.717, 1.165) is 9.35 Å². The highest BCUT2D eigenvalue weighted by atomic mass is 79.9. The molecule has 1 heterocycles. The zero-order chi connectivity index (χ0) is 14.0. The minimum absolute atomic E-state index is 0.149. The van der Waals surface area contributed by atoms with Gasteiger partial charge in [0.15, 0.2) is 0 Å². The Labute approximate surface area is 123 Å². The molecule has 1 aromatic carbocycles. The Morgan fingerprint density at radius 2 is 2.11 bits per heavy atom. The Balaban J connectivity index is 2.10. The van der Waals surface area contributed by atoms with Crippen LogP contribution in [0.3, 0.4) is 0 Å². The minimum Gasteiger partial charge on any atom is -0.345 e. The monoisotopic (exact) mass is 341 g/mol. The fourth-order valence-corrected chi connectivity index (χ4v) is 2.96. The average Bonchev–Trinajstić information content (AvgIpc) is 2.79. The molecule has 0 aliphatic heterocycles. The Bertz CT molecular complexity index is 611. The maximum Gasteiger partial charge on any atom is 0.261 e. The third-order valence-corrected chi connectivity index (χ3v) is 4.46. The molecule has 2 nitrogen and oxygen atoms in total. The van der Waals surface area contributed by atoms with E-state index < -0.39 is 0 Å². The second-order valence-corrected chi connectivity index (χ2v) is 6.77. The van der Waals surface area contributed by atoms with E-state index in [9.17, 15) is 9.18 Å². The van der Waals surface area contributed by atoms with Gasteiger partial charge in [-0.15, -0.1) is 11.3 Å². The largest absolute Gasteiger partial charge is 0.345 e. The summed E-state index contributed by atoms with van der Waals surface area (Å²) in [7, 11) is 0. The molecule has 1 N–H and O–H groups in total. The molecule has 100 valence electrons. The Kier molecular flexibility index (Phi) is 4.37. The molecule has 1 atom stereocenters. The molecule has 0 aliphatic carbocycles. The second kappa shape index (κ2) is 5.84. The van der Waals surface area contributed by atoms with Crippen molar-refractivity contribution < 1.29 is 9.18 Å². The van der Waals surface area contributed by atoms with E-state index in [1.54, 1.807) is 19.1 Å². The lowest BCUT2D eigenvalue weighted by Crippen LogP contribution is -2.25. The summed E-state index contributed by atoms with van der Waals surface area (Å²) in [5.74, 6) is -0.401. The molecule has 0 saturated heterocycles. The molecular formula is C14H13BrFNOS. The minimum atomic E-state index is -0.252. The van der Waals surface area contributed by atoms with Crippen molar-refractivity contribution in [1.82, 2.24) is 5.32 Å². The lowest BCUT2D eigenvalue weighted by atomic mass is 10.1. The van der Waals surface area contributed by atoms with E-state index in [4.69, 9.17) is 0 Å². The van der Waals surface area contributed by atoms with E-state index in [2.05, 4.69) is 21.2 Å². The van der Waals surface area contributed by atoms with Gasteiger partial charge in [-0.1, -0.05) is 12.1 Å². The lowest BCUT2D eigenvalue weighted by Gasteiger charge is -2.14. The summed E-state index contributed by atoms with van der Waals surface area (Å²) < 4.78 is 14.4. The van der Waals surface area contributed by atoms with Gasteiger partial charge in [0, 0.05) is 0 Å². The molecule has 1 amide bonds. The van der Waals surface area contributed by atoms with Crippen LogP contribution in [-0.4, -0.2) is 5.91 Å². The molecule has 0 saturated carbocycles. The molecule has 2 aromatic rings. The van der Waals surface area contributed by atoms with Gasteiger partial charge in [-0.05, 0) is 59.1 Å². The number of rotatable bonds is 3. The normalized spacial score (nSPS) is 12.2. The van der Waals surface area contributed by atoms with Gasteiger partial charge in [-0.2, -0.15) is 0 Å². The Morgan fingerprint density at radius 1 is 1.37 bits per heavy atom. The van der Waals surface area contributed by atoms with Crippen molar-refractivity contribution in [3.05, 3.63) is 55.9 Å². The predicted octanol–water partition coefficient (Wildman–Crippen LogP) is 4.45. The molecule has 0 radical (unpaired) electrons. The van der Waals surface area contributed by atoms with Gasteiger partial charge in [0.1, 0.15) is 5.82 Å². The van der Waals surface area contributed by atoms with Gasteiger partial charge in [0.2, 0.25) is 0 Å². The molecule has 2 rings (SSSR count). The van der Waals surface area contributed by atoms with Gasteiger partial charge in [-0.3, -0.25) is 4.79 Å². The summed E-state index contributed by atoms with van der Waals surface area (Å²) in [6, 6.07) is 8.36. The van der Waals surface area contributed by atoms with Crippen LogP contribution < -0.4 is 5.32 Å². The second-order valence-electron chi connectivity index (χ2n) is 4.31. The molecule has 5 heteroatoms. The van der Waals surface area contributed by atoms with Crippen molar-refractivity contribution in [1.29, 1.82) is 0 Å². The molecule has 0 fully saturated rings. The summed E-state index contributed by atoms with van der Waals surface area (Å²) >= 11 is 4.69. The zero-order valence-electron chi connectivity index (χ0n) is 10.5. The van der Waals surface area contributed by atoms with Crippen molar-refractivity contribution >= 4 is 33.2 Å². The molecule has 0 bridgehead atoms. The third kappa shape index (κ3) is 3.42. The number of hydrogen-bond donors (Lipinski definition) is 1. The van der Waals surface area contributed by atoms with Crippen LogP contribution in [0.5, 0.6) is 0 Å². The average molecular weight is 342 g/mol. The van der Waals surface area contributed by atoms with Crippen LogP contribution in [0.15, 0.2) is 34.1 Å². The van der Waals surface area contributed by atoms with E-state index in [0.29, 0.717) is 10.4 Å². The van der Waals surface area contributed by atoms with E-state index in [1.165, 1.54) is 17.4 Å². The highest BCUT2D eigenvalue weighted by molar-refractivity contribution is 9.11. The van der Waals surface area contributed by atoms with Gasteiger partial charge >= 0.3 is 0 Å². The number of benzene rings is 1. The van der Waals surface area contributed by atoms with Crippen LogP contribution in [0.25, 0.3) is 0 Å². The Hall–Kier alpha value is -1.20. The van der Waals surface area contributed by atoms with E-state index in [1.807, 2.05) is 19.1 Å². The first-order chi connectivity index (χ1) is 8.97. The number of hydrogen-bond acceptors (Lipinski definition) is 2. The smallest absolute Gasteiger partial charge is 0.261 e. The molecule has 0 spiro atoms. The predicted molar refractivity (Wildman–Crippen MR) is 79.0 cm³/mol. The number of aryl methyl sites for hydroxylation is 1. The fourth-order valence-electron chi connectivity index (χ4n) is 1.67. The number of thiophene rings is 1. The number of amides is 1. The van der Waals surface area contributed by atoms with E-state index in [-0.39, 0.29) is 17.8 Å². The maximum absolute atomic E-state index is 13.5. The van der Waals surface area contributed by atoms with Crippen molar-refractivity contribution in [3.63, 3.8) is 0 Å². The van der Waals surface area contributed by atoms with Crippen LogP contribution in [0, 0.1) is 12.7 Å². The number of carbonyl (C=O) groups is 1. The van der Waals surface area contributed by atoms with E-state index >= 15 is 0 Å². The van der Waals surface area contributed by atoms with Gasteiger partial charge in [-0.25, -0.2) is 4.39 Å². The summed E-state index contributed by atoms with van der Waals surface area (Å²) in [5, 5.41) is 2.86. The van der Waals surface area contributed by atoms with Crippen molar-refractivity contribution in [2.24, 2.45) is 0 Å². The third-order valence-electron chi connectivity index (χ3n) is 2.84. The Morgan fingerprint density at radius 3 is 2.68 bits per heavy atom. The number of carbonyl (C=O) groups excluding carboxylic acids is 1. The van der Waals surface area contributed by atoms with Crippen LogP contribution in [0.1, 0.15) is 33.8 Å².